The van der Waals surface area contributed by atoms with Crippen LogP contribution in [0.15, 0.2) is 12.2 Å². The highest BCUT2D eigenvalue weighted by atomic mass is 17.2. The van der Waals surface area contributed by atoms with Gasteiger partial charge in [0.2, 0.25) is 0 Å². The van der Waals surface area contributed by atoms with E-state index in [9.17, 15) is 9.59 Å². The number of carbonyl (C=O) groups excluding carboxylic acids is 2. The zero-order chi connectivity index (χ0) is 18.6. The number of esters is 2. The fourth-order valence-corrected chi connectivity index (χ4v) is 1.02. The monoisotopic (exact) mass is 348 g/mol. The number of carbonyl (C=O) groups is 2. The Balaban J connectivity index is 3.69. The van der Waals surface area contributed by atoms with Crippen molar-refractivity contribution in [1.29, 1.82) is 0 Å². The number of rotatable bonds is 10. The minimum Gasteiger partial charge on any atom is -0.460 e. The molecule has 0 saturated heterocycles. The maximum absolute atomic E-state index is 11.3. The molecular weight excluding hydrogens is 320 g/mol. The van der Waals surface area contributed by atoms with Crippen molar-refractivity contribution in [2.75, 3.05) is 26.4 Å². The first-order valence-corrected chi connectivity index (χ1v) is 7.62. The summed E-state index contributed by atoms with van der Waals surface area (Å²) in [7, 11) is 0. The summed E-state index contributed by atoms with van der Waals surface area (Å²) < 4.78 is 9.61. The molecule has 0 rings (SSSR count). The third-order valence-electron chi connectivity index (χ3n) is 1.80. The summed E-state index contributed by atoms with van der Waals surface area (Å²) in [4.78, 5) is 42.4. The maximum Gasteiger partial charge on any atom is 0.331 e. The van der Waals surface area contributed by atoms with Gasteiger partial charge in [-0.15, -0.1) is 0 Å². The summed E-state index contributed by atoms with van der Waals surface area (Å²) in [5.41, 5.74) is -0.870. The predicted octanol–water partition coefficient (Wildman–Crippen LogP) is 2.12. The largest absolute Gasteiger partial charge is 0.460 e. The van der Waals surface area contributed by atoms with Crippen LogP contribution in [-0.4, -0.2) is 49.6 Å². The van der Waals surface area contributed by atoms with E-state index >= 15 is 0 Å². The molecule has 8 heteroatoms. The van der Waals surface area contributed by atoms with Crippen LogP contribution in [0.25, 0.3) is 0 Å². The molecule has 0 aliphatic carbocycles. The first-order valence-electron chi connectivity index (χ1n) is 7.62. The molecule has 0 aliphatic heterocycles. The third kappa shape index (κ3) is 16.9. The van der Waals surface area contributed by atoms with Gasteiger partial charge in [0.25, 0.3) is 0 Å². The summed E-state index contributed by atoms with van der Waals surface area (Å²) in [5.74, 6) is -1.36. The number of ether oxygens (including phenoxy) is 2. The van der Waals surface area contributed by atoms with Gasteiger partial charge >= 0.3 is 11.9 Å². The lowest BCUT2D eigenvalue weighted by atomic mass is 10.2. The minimum atomic E-state index is -0.682. The SMILES string of the molecule is CC(C)(C)OOCCOC(=O)/C=C/C(=O)OCCOOC(C)(C)C. The van der Waals surface area contributed by atoms with Crippen LogP contribution in [0.2, 0.25) is 0 Å². The molecule has 140 valence electrons. The van der Waals surface area contributed by atoms with Gasteiger partial charge in [0.15, 0.2) is 0 Å². The number of hydrogen-bond donors (Lipinski definition) is 0. The van der Waals surface area contributed by atoms with E-state index in [0.717, 1.165) is 12.2 Å². The molecule has 0 unspecified atom stereocenters. The molecule has 0 heterocycles. The minimum absolute atomic E-state index is 0.00623. The number of hydrogen-bond acceptors (Lipinski definition) is 8. The lowest BCUT2D eigenvalue weighted by Gasteiger charge is -2.17. The zero-order valence-corrected chi connectivity index (χ0v) is 15.2. The fourth-order valence-electron chi connectivity index (χ4n) is 1.02. The van der Waals surface area contributed by atoms with Crippen molar-refractivity contribution in [3.05, 3.63) is 12.2 Å². The van der Waals surface area contributed by atoms with E-state index in [-0.39, 0.29) is 26.4 Å². The summed E-state index contributed by atoms with van der Waals surface area (Å²) in [5, 5.41) is 0. The summed E-state index contributed by atoms with van der Waals surface area (Å²) in [6.45, 7) is 11.2. The van der Waals surface area contributed by atoms with Crippen LogP contribution in [0.1, 0.15) is 41.5 Å². The molecule has 0 atom stereocenters. The summed E-state index contributed by atoms with van der Waals surface area (Å²) in [6.07, 6.45) is 1.94. The van der Waals surface area contributed by atoms with Gasteiger partial charge in [-0.25, -0.2) is 29.1 Å². The van der Waals surface area contributed by atoms with E-state index in [1.54, 1.807) is 0 Å². The second kappa shape index (κ2) is 11.1. The zero-order valence-electron chi connectivity index (χ0n) is 15.2. The van der Waals surface area contributed by atoms with E-state index in [4.69, 9.17) is 29.0 Å². The molecule has 0 aliphatic rings. The summed E-state index contributed by atoms with van der Waals surface area (Å²) >= 11 is 0. The van der Waals surface area contributed by atoms with Gasteiger partial charge < -0.3 is 9.47 Å². The highest BCUT2D eigenvalue weighted by Crippen LogP contribution is 2.07. The van der Waals surface area contributed by atoms with Crippen molar-refractivity contribution in [1.82, 2.24) is 0 Å². The molecule has 0 N–H and O–H groups in total. The highest BCUT2D eigenvalue weighted by Gasteiger charge is 2.12. The molecule has 8 nitrogen and oxygen atoms in total. The van der Waals surface area contributed by atoms with Gasteiger partial charge in [-0.2, -0.15) is 0 Å². The molecule has 0 aromatic heterocycles. The lowest BCUT2D eigenvalue weighted by molar-refractivity contribution is -0.350. The van der Waals surface area contributed by atoms with E-state index in [1.165, 1.54) is 0 Å². The van der Waals surface area contributed by atoms with Crippen molar-refractivity contribution in [3.63, 3.8) is 0 Å². The average Bonchev–Trinajstić information content (AvgIpc) is 2.42. The molecule has 0 spiro atoms. The van der Waals surface area contributed by atoms with E-state index in [0.29, 0.717) is 0 Å². The van der Waals surface area contributed by atoms with Gasteiger partial charge in [-0.05, 0) is 41.5 Å². The molecule has 0 fully saturated rings. The second-order valence-corrected chi connectivity index (χ2v) is 6.70. The Morgan fingerprint density at radius 2 is 1.00 bits per heavy atom. The molecule has 0 aromatic carbocycles. The van der Waals surface area contributed by atoms with Crippen LogP contribution in [0.4, 0.5) is 0 Å². The van der Waals surface area contributed by atoms with E-state index in [2.05, 4.69) is 0 Å². The molecule has 0 bridgehead atoms. The maximum atomic E-state index is 11.3. The lowest BCUT2D eigenvalue weighted by Crippen LogP contribution is -2.21. The predicted molar refractivity (Wildman–Crippen MR) is 84.6 cm³/mol. The van der Waals surface area contributed by atoms with Crippen LogP contribution in [0, 0.1) is 0 Å². The van der Waals surface area contributed by atoms with Gasteiger partial charge in [-0.1, -0.05) is 0 Å². The van der Waals surface area contributed by atoms with Crippen molar-refractivity contribution < 1.29 is 38.6 Å². The molecule has 24 heavy (non-hydrogen) atoms. The van der Waals surface area contributed by atoms with E-state index < -0.39 is 23.1 Å². The Morgan fingerprint density at radius 3 is 1.29 bits per heavy atom. The quantitative estimate of drug-likeness (QED) is 0.195. The standard InChI is InChI=1S/C16H28O8/c1-15(2,3)23-21-11-9-19-13(17)7-8-14(18)20-10-12-22-24-16(4,5)6/h7-8H,9-12H2,1-6H3/b8-7+. The second-order valence-electron chi connectivity index (χ2n) is 6.70. The van der Waals surface area contributed by atoms with Gasteiger partial charge in [0, 0.05) is 12.2 Å². The third-order valence-corrected chi connectivity index (χ3v) is 1.80. The Kier molecular flexibility index (Phi) is 10.5. The van der Waals surface area contributed by atoms with Crippen LogP contribution in [0.5, 0.6) is 0 Å². The molecule has 0 amide bonds. The van der Waals surface area contributed by atoms with Crippen LogP contribution >= 0.6 is 0 Å². The average molecular weight is 348 g/mol. The highest BCUT2D eigenvalue weighted by molar-refractivity contribution is 5.91. The van der Waals surface area contributed by atoms with Gasteiger partial charge in [0.1, 0.15) is 26.4 Å². The van der Waals surface area contributed by atoms with Crippen molar-refractivity contribution in [3.8, 4) is 0 Å². The fraction of sp³-hybridized carbons (Fsp3) is 0.750. The first kappa shape index (κ1) is 22.5. The van der Waals surface area contributed by atoms with Crippen LogP contribution in [0.3, 0.4) is 0 Å². The summed E-state index contributed by atoms with van der Waals surface area (Å²) in [6, 6.07) is 0. The van der Waals surface area contributed by atoms with E-state index in [1.807, 2.05) is 41.5 Å². The van der Waals surface area contributed by atoms with Gasteiger partial charge in [-0.3, -0.25) is 0 Å². The van der Waals surface area contributed by atoms with Crippen molar-refractivity contribution in [2.24, 2.45) is 0 Å². The normalized spacial score (nSPS) is 12.4. The van der Waals surface area contributed by atoms with Gasteiger partial charge in [0.05, 0.1) is 11.2 Å². The van der Waals surface area contributed by atoms with Crippen LogP contribution < -0.4 is 0 Å². The Hall–Kier alpha value is -1.48. The van der Waals surface area contributed by atoms with Crippen LogP contribution in [-0.2, 0) is 38.6 Å². The molecule has 0 radical (unpaired) electrons. The molecular formula is C16H28O8. The Bertz CT molecular complexity index is 365. The van der Waals surface area contributed by atoms with Crippen molar-refractivity contribution >= 4 is 11.9 Å². The Morgan fingerprint density at radius 1 is 0.667 bits per heavy atom. The Labute approximate surface area is 142 Å². The van der Waals surface area contributed by atoms with Crippen molar-refractivity contribution in [2.45, 2.75) is 52.7 Å². The molecule has 0 saturated carbocycles. The molecule has 0 aromatic rings. The smallest absolute Gasteiger partial charge is 0.331 e. The first-order chi connectivity index (χ1) is 11.0. The topological polar surface area (TPSA) is 89.5 Å².